The van der Waals surface area contributed by atoms with Gasteiger partial charge in [-0.15, -0.1) is 0 Å². The molecule has 1 N–H and O–H groups in total. The third-order valence-electron chi connectivity index (χ3n) is 6.79. The summed E-state index contributed by atoms with van der Waals surface area (Å²) in [5, 5.41) is 2.69. The van der Waals surface area contributed by atoms with E-state index in [4.69, 9.17) is 0 Å². The SMILES string of the molecule is Cc1cn2cc(NC(=O)c3cnc(N4C[C@@H]5C(N6CCCC6)[C@@H]5C4)cn3)cc(F)c2n1. The quantitative estimate of drug-likeness (QED) is 0.697. The number of carbonyl (C=O) groups is 1. The first-order valence-corrected chi connectivity index (χ1v) is 10.8. The molecule has 3 aliphatic rings. The number of hydrogen-bond donors (Lipinski definition) is 1. The van der Waals surface area contributed by atoms with Gasteiger partial charge in [-0.1, -0.05) is 0 Å². The summed E-state index contributed by atoms with van der Waals surface area (Å²) in [5.74, 6) is 1.37. The van der Waals surface area contributed by atoms with E-state index in [1.165, 1.54) is 38.2 Å². The number of piperidine rings is 1. The molecule has 0 radical (unpaired) electrons. The fraction of sp³-hybridized carbons (Fsp3) is 0.455. The van der Waals surface area contributed by atoms with Gasteiger partial charge in [-0.3, -0.25) is 9.69 Å². The first-order valence-electron chi connectivity index (χ1n) is 10.8. The Labute approximate surface area is 179 Å². The number of carbonyl (C=O) groups excluding carboxylic acids is 1. The van der Waals surface area contributed by atoms with E-state index in [1.54, 1.807) is 29.9 Å². The van der Waals surface area contributed by atoms with Crippen molar-refractivity contribution in [1.29, 1.82) is 0 Å². The van der Waals surface area contributed by atoms with Crippen LogP contribution in [-0.4, -0.2) is 62.4 Å². The summed E-state index contributed by atoms with van der Waals surface area (Å²) in [6.07, 6.45) is 9.15. The molecule has 160 valence electrons. The van der Waals surface area contributed by atoms with Crippen LogP contribution < -0.4 is 10.2 Å². The molecular weight excluding hydrogens is 397 g/mol. The van der Waals surface area contributed by atoms with Crippen LogP contribution in [0.1, 0.15) is 29.0 Å². The zero-order valence-electron chi connectivity index (χ0n) is 17.3. The highest BCUT2D eigenvalue weighted by Crippen LogP contribution is 2.50. The number of rotatable bonds is 4. The van der Waals surface area contributed by atoms with E-state index in [9.17, 15) is 9.18 Å². The van der Waals surface area contributed by atoms with Gasteiger partial charge in [0.05, 0.1) is 23.8 Å². The van der Waals surface area contributed by atoms with Crippen molar-refractivity contribution in [2.45, 2.75) is 25.8 Å². The minimum absolute atomic E-state index is 0.199. The maximum absolute atomic E-state index is 14.2. The Morgan fingerprint density at radius 1 is 1.13 bits per heavy atom. The van der Waals surface area contributed by atoms with Gasteiger partial charge in [0.15, 0.2) is 11.5 Å². The predicted octanol–water partition coefficient (Wildman–Crippen LogP) is 2.35. The summed E-state index contributed by atoms with van der Waals surface area (Å²) < 4.78 is 15.8. The Hall–Kier alpha value is -3.07. The van der Waals surface area contributed by atoms with Gasteiger partial charge >= 0.3 is 0 Å². The number of likely N-dealkylation sites (tertiary alicyclic amines) is 1. The molecule has 0 spiro atoms. The summed E-state index contributed by atoms with van der Waals surface area (Å²) >= 11 is 0. The van der Waals surface area contributed by atoms with E-state index in [2.05, 4.69) is 30.1 Å². The molecule has 8 nitrogen and oxygen atoms in total. The molecule has 5 heterocycles. The first-order chi connectivity index (χ1) is 15.1. The number of amides is 1. The molecule has 31 heavy (non-hydrogen) atoms. The number of nitrogens with one attached hydrogen (secondary N) is 1. The van der Waals surface area contributed by atoms with Crippen LogP contribution in [0, 0.1) is 24.6 Å². The number of aryl methyl sites for hydroxylation is 1. The van der Waals surface area contributed by atoms with Crippen LogP contribution in [0.25, 0.3) is 5.65 Å². The van der Waals surface area contributed by atoms with Gasteiger partial charge in [0.2, 0.25) is 0 Å². The second-order valence-corrected chi connectivity index (χ2v) is 8.87. The highest BCUT2D eigenvalue weighted by atomic mass is 19.1. The standard InChI is InChI=1S/C22H24FN7O/c1-13-9-30-10-14(6-17(23)21(30)26-13)27-22(31)18-7-25-19(8-24-18)29-11-15-16(12-29)20(15)28-4-2-3-5-28/h6-10,15-16,20H,2-5,11-12H2,1H3,(H,27,31)/t15-,16+,20?. The third kappa shape index (κ3) is 3.23. The number of aromatic nitrogens is 4. The van der Waals surface area contributed by atoms with Crippen molar-refractivity contribution in [3.05, 3.63) is 48.1 Å². The van der Waals surface area contributed by atoms with Crippen LogP contribution in [-0.2, 0) is 0 Å². The average molecular weight is 421 g/mol. The molecule has 3 atom stereocenters. The van der Waals surface area contributed by atoms with Gasteiger partial charge in [0.1, 0.15) is 11.5 Å². The lowest BCUT2D eigenvalue weighted by molar-refractivity contribution is 0.102. The summed E-state index contributed by atoms with van der Waals surface area (Å²) in [6.45, 7) is 6.31. The Morgan fingerprint density at radius 3 is 2.61 bits per heavy atom. The topological polar surface area (TPSA) is 78.7 Å². The lowest BCUT2D eigenvalue weighted by Crippen LogP contribution is -2.33. The highest BCUT2D eigenvalue weighted by Gasteiger charge is 2.58. The van der Waals surface area contributed by atoms with Crippen molar-refractivity contribution in [2.75, 3.05) is 36.4 Å². The van der Waals surface area contributed by atoms with Crippen molar-refractivity contribution >= 4 is 23.1 Å². The molecule has 9 heteroatoms. The lowest BCUT2D eigenvalue weighted by Gasteiger charge is -2.24. The number of pyridine rings is 1. The Balaban J connectivity index is 1.11. The van der Waals surface area contributed by atoms with Crippen molar-refractivity contribution < 1.29 is 9.18 Å². The molecule has 2 saturated heterocycles. The molecule has 3 fully saturated rings. The summed E-state index contributed by atoms with van der Waals surface area (Å²) in [7, 11) is 0. The molecule has 0 aromatic carbocycles. The monoisotopic (exact) mass is 421 g/mol. The van der Waals surface area contributed by atoms with E-state index in [-0.39, 0.29) is 11.3 Å². The van der Waals surface area contributed by atoms with E-state index in [1.807, 2.05) is 0 Å². The summed E-state index contributed by atoms with van der Waals surface area (Å²) in [5.41, 5.74) is 1.47. The van der Waals surface area contributed by atoms with Crippen molar-refractivity contribution in [3.63, 3.8) is 0 Å². The molecular formula is C22H24FN7O. The normalized spacial score (nSPS) is 25.2. The minimum Gasteiger partial charge on any atom is -0.355 e. The Kier molecular flexibility index (Phi) is 4.21. The maximum atomic E-state index is 14.2. The largest absolute Gasteiger partial charge is 0.355 e. The smallest absolute Gasteiger partial charge is 0.275 e. The number of anilines is 2. The van der Waals surface area contributed by atoms with Crippen LogP contribution in [0.4, 0.5) is 15.9 Å². The van der Waals surface area contributed by atoms with Crippen molar-refractivity contribution in [3.8, 4) is 0 Å². The van der Waals surface area contributed by atoms with Crippen LogP contribution in [0.2, 0.25) is 0 Å². The Bertz CT molecular complexity index is 1140. The fourth-order valence-corrected chi connectivity index (χ4v) is 5.31. The molecule has 1 saturated carbocycles. The zero-order chi connectivity index (χ0) is 21.1. The van der Waals surface area contributed by atoms with Gasteiger partial charge in [-0.05, 0) is 44.7 Å². The van der Waals surface area contributed by atoms with Crippen molar-refractivity contribution in [1.82, 2.24) is 24.3 Å². The second kappa shape index (κ2) is 6.98. The first kappa shape index (κ1) is 18.7. The van der Waals surface area contributed by atoms with Gasteiger partial charge in [0.25, 0.3) is 5.91 Å². The summed E-state index contributed by atoms with van der Waals surface area (Å²) in [4.78, 5) is 30.4. The van der Waals surface area contributed by atoms with E-state index >= 15 is 0 Å². The molecule has 1 unspecified atom stereocenters. The Morgan fingerprint density at radius 2 is 1.90 bits per heavy atom. The molecule has 3 aromatic heterocycles. The van der Waals surface area contributed by atoms with Gasteiger partial charge < -0.3 is 14.6 Å². The number of imidazole rings is 1. The predicted molar refractivity (Wildman–Crippen MR) is 114 cm³/mol. The van der Waals surface area contributed by atoms with Crippen LogP contribution in [0.15, 0.2) is 30.9 Å². The van der Waals surface area contributed by atoms with Gasteiger partial charge in [0, 0.05) is 37.6 Å². The minimum atomic E-state index is -0.493. The second-order valence-electron chi connectivity index (χ2n) is 8.87. The van der Waals surface area contributed by atoms with Crippen LogP contribution >= 0.6 is 0 Å². The van der Waals surface area contributed by atoms with Gasteiger partial charge in [-0.25, -0.2) is 19.3 Å². The summed E-state index contributed by atoms with van der Waals surface area (Å²) in [6, 6.07) is 2.02. The molecule has 0 bridgehead atoms. The third-order valence-corrected chi connectivity index (χ3v) is 6.79. The molecule has 2 aliphatic heterocycles. The van der Waals surface area contributed by atoms with Crippen molar-refractivity contribution in [2.24, 2.45) is 11.8 Å². The van der Waals surface area contributed by atoms with Crippen LogP contribution in [0.5, 0.6) is 0 Å². The number of halogens is 1. The maximum Gasteiger partial charge on any atom is 0.275 e. The van der Waals surface area contributed by atoms with E-state index in [0.29, 0.717) is 11.4 Å². The zero-order valence-corrected chi connectivity index (χ0v) is 17.3. The molecule has 3 aromatic rings. The lowest BCUT2D eigenvalue weighted by atomic mass is 10.3. The molecule has 1 aliphatic carbocycles. The number of fused-ring (bicyclic) bond motifs is 2. The van der Waals surface area contributed by atoms with E-state index in [0.717, 1.165) is 36.8 Å². The van der Waals surface area contributed by atoms with Gasteiger partial charge in [-0.2, -0.15) is 0 Å². The number of nitrogens with zero attached hydrogens (tertiary/aromatic N) is 6. The fourth-order valence-electron chi connectivity index (χ4n) is 5.31. The molecule has 6 rings (SSSR count). The van der Waals surface area contributed by atoms with Crippen LogP contribution in [0.3, 0.4) is 0 Å². The molecule has 1 amide bonds. The highest BCUT2D eigenvalue weighted by molar-refractivity contribution is 6.02. The number of hydrogen-bond acceptors (Lipinski definition) is 6. The average Bonchev–Trinajstić information content (AvgIpc) is 3.23. The van der Waals surface area contributed by atoms with E-state index < -0.39 is 11.7 Å².